The van der Waals surface area contributed by atoms with Crippen LogP contribution in [-0.2, 0) is 15.8 Å². The zero-order chi connectivity index (χ0) is 16.1. The Morgan fingerprint density at radius 3 is 2.95 bits per heavy atom. The van der Waals surface area contributed by atoms with E-state index in [1.807, 2.05) is 0 Å². The molecule has 2 aromatic heterocycles. The molecule has 3 heterocycles. The number of aromatic nitrogens is 4. The molecule has 0 aromatic carbocycles. The third-order valence-electron chi connectivity index (χ3n) is 3.41. The summed E-state index contributed by atoms with van der Waals surface area (Å²) >= 11 is 3.36. The summed E-state index contributed by atoms with van der Waals surface area (Å²) < 4.78 is 18.3. The van der Waals surface area contributed by atoms with Crippen molar-refractivity contribution >= 4 is 40.6 Å². The van der Waals surface area contributed by atoms with E-state index in [1.54, 1.807) is 4.57 Å². The maximum absolute atomic E-state index is 11.7. The zero-order valence-electron chi connectivity index (χ0n) is 11.1. The largest absolute Gasteiger partial charge is 0.369 e. The molecule has 1 aliphatic heterocycles. The van der Waals surface area contributed by atoms with Crippen LogP contribution in [0.25, 0.3) is 11.2 Å². The summed E-state index contributed by atoms with van der Waals surface area (Å²) in [4.78, 5) is 40.2. The maximum Gasteiger partial charge on any atom is 0.354 e. The van der Waals surface area contributed by atoms with Gasteiger partial charge in [-0.3, -0.25) is 14.3 Å². The van der Waals surface area contributed by atoms with Crippen LogP contribution in [0.1, 0.15) is 6.42 Å². The van der Waals surface area contributed by atoms with Crippen LogP contribution in [0.15, 0.2) is 11.1 Å². The monoisotopic (exact) mass is 393 g/mol. The first kappa shape index (κ1) is 15.6. The molecule has 0 spiro atoms. The van der Waals surface area contributed by atoms with Gasteiger partial charge in [0.05, 0.1) is 19.0 Å². The lowest BCUT2D eigenvalue weighted by Gasteiger charge is -2.16. The van der Waals surface area contributed by atoms with Crippen LogP contribution >= 0.6 is 23.5 Å². The minimum absolute atomic E-state index is 0.0323. The fraction of sp³-hybridized carbons (Fsp3) is 0.500. The van der Waals surface area contributed by atoms with Gasteiger partial charge in [-0.2, -0.15) is 4.98 Å². The fourth-order valence-corrected chi connectivity index (χ4v) is 4.10. The molecule has 1 fully saturated rings. The molecule has 10 nitrogen and oxygen atoms in total. The molecular formula is C10H13BrN5O5P. The Bertz CT molecular complexity index is 816. The summed E-state index contributed by atoms with van der Waals surface area (Å²) in [6.45, 7) is 0.235. The molecular weight excluding hydrogens is 381 g/mol. The Morgan fingerprint density at radius 2 is 2.32 bits per heavy atom. The minimum atomic E-state index is -4.31. The van der Waals surface area contributed by atoms with Crippen LogP contribution in [0.3, 0.4) is 0 Å². The number of nitrogens with two attached hydrogens (primary N) is 1. The highest BCUT2D eigenvalue weighted by molar-refractivity contribution is 9.09. The van der Waals surface area contributed by atoms with Crippen molar-refractivity contribution in [3.63, 3.8) is 0 Å². The van der Waals surface area contributed by atoms with Crippen LogP contribution in [0.5, 0.6) is 0 Å². The molecule has 3 rings (SSSR count). The summed E-state index contributed by atoms with van der Waals surface area (Å²) in [5, 5.41) is 0. The van der Waals surface area contributed by atoms with Crippen LogP contribution in [0.2, 0.25) is 0 Å². The van der Waals surface area contributed by atoms with E-state index >= 15 is 0 Å². The van der Waals surface area contributed by atoms with E-state index in [0.29, 0.717) is 5.65 Å². The van der Waals surface area contributed by atoms with Gasteiger partial charge in [0, 0.05) is 11.2 Å². The second-order valence-corrected chi connectivity index (χ2v) is 7.92. The molecule has 1 aliphatic rings. The molecule has 22 heavy (non-hydrogen) atoms. The van der Waals surface area contributed by atoms with Crippen molar-refractivity contribution in [1.82, 2.24) is 19.5 Å². The number of rotatable bonds is 3. The predicted molar refractivity (Wildman–Crippen MR) is 80.6 cm³/mol. The number of hydrogen-bond donors (Lipinski definition) is 4. The number of halogens is 1. The molecule has 3 atom stereocenters. The number of nitrogens with one attached hydrogen (secondary N) is 1. The van der Waals surface area contributed by atoms with Crippen molar-refractivity contribution in [1.29, 1.82) is 0 Å². The Hall–Kier alpha value is -1.26. The molecule has 0 unspecified atom stereocenters. The van der Waals surface area contributed by atoms with Gasteiger partial charge in [0.15, 0.2) is 17.0 Å². The van der Waals surface area contributed by atoms with Crippen molar-refractivity contribution in [2.75, 3.05) is 5.73 Å². The van der Waals surface area contributed by atoms with Crippen molar-refractivity contribution in [3.05, 3.63) is 16.7 Å². The van der Waals surface area contributed by atoms with Crippen LogP contribution in [-0.4, -0.2) is 46.1 Å². The highest BCUT2D eigenvalue weighted by atomic mass is 79.9. The summed E-state index contributed by atoms with van der Waals surface area (Å²) in [5.41, 5.74) is 5.51. The fourth-order valence-electron chi connectivity index (χ4n) is 2.36. The minimum Gasteiger partial charge on any atom is -0.369 e. The van der Waals surface area contributed by atoms with Gasteiger partial charge in [-0.1, -0.05) is 15.9 Å². The summed E-state index contributed by atoms with van der Waals surface area (Å²) in [7, 11) is -4.31. The van der Waals surface area contributed by atoms with Gasteiger partial charge in [-0.15, -0.1) is 0 Å². The van der Waals surface area contributed by atoms with E-state index in [9.17, 15) is 19.1 Å². The first-order chi connectivity index (χ1) is 10.3. The van der Waals surface area contributed by atoms with E-state index in [2.05, 4.69) is 30.9 Å². The van der Waals surface area contributed by atoms with E-state index in [1.165, 1.54) is 6.33 Å². The molecule has 12 heteroatoms. The molecule has 0 radical (unpaired) electrons. The maximum atomic E-state index is 11.7. The number of ether oxygens (including phenoxy) is 1. The van der Waals surface area contributed by atoms with Crippen LogP contribution in [0, 0.1) is 0 Å². The Balaban J connectivity index is 1.88. The predicted octanol–water partition coefficient (Wildman–Crippen LogP) is -0.242. The third kappa shape index (κ3) is 2.82. The smallest absolute Gasteiger partial charge is 0.354 e. The third-order valence-corrected chi connectivity index (χ3v) is 5.45. The van der Waals surface area contributed by atoms with Gasteiger partial charge in [-0.05, 0) is 0 Å². The first-order valence-corrected chi connectivity index (χ1v) is 8.91. The van der Waals surface area contributed by atoms with E-state index in [4.69, 9.17) is 10.5 Å². The summed E-state index contributed by atoms with van der Waals surface area (Å²) in [6, 6.07) is 0. The van der Waals surface area contributed by atoms with Gasteiger partial charge in [-0.25, -0.2) is 4.98 Å². The number of hydrogen-bond acceptors (Lipinski definition) is 6. The second kappa shape index (κ2) is 5.43. The van der Waals surface area contributed by atoms with Gasteiger partial charge < -0.3 is 24.8 Å². The standard InChI is InChI=1S/C10H13BrN5O5P/c11-4-1-6(22(18,19)20)21-5(4)2-16-3-13-7-8(16)14-10(12)15-9(7)17/h3-6H,1-2H2,(H2,18,19,20)(H3,12,14,15,17)/t4-,5-,6-/m1/s1. The molecule has 120 valence electrons. The van der Waals surface area contributed by atoms with E-state index in [-0.39, 0.29) is 29.3 Å². The average molecular weight is 394 g/mol. The van der Waals surface area contributed by atoms with Crippen molar-refractivity contribution < 1.29 is 19.1 Å². The quantitative estimate of drug-likeness (QED) is 0.410. The SMILES string of the molecule is Nc1nc2c(ncn2C[C@H]2O[C@H](P(=O)(O)O)C[C@H]2Br)c(=O)[nH]1. The van der Waals surface area contributed by atoms with Crippen molar-refractivity contribution in [2.24, 2.45) is 0 Å². The highest BCUT2D eigenvalue weighted by Gasteiger charge is 2.43. The Morgan fingerprint density at radius 1 is 1.59 bits per heavy atom. The van der Waals surface area contributed by atoms with Crippen LogP contribution in [0.4, 0.5) is 5.95 Å². The van der Waals surface area contributed by atoms with Crippen molar-refractivity contribution in [3.8, 4) is 0 Å². The van der Waals surface area contributed by atoms with Gasteiger partial charge in [0.1, 0.15) is 0 Å². The number of nitrogens with zero attached hydrogens (tertiary/aromatic N) is 3. The number of fused-ring (bicyclic) bond motifs is 1. The summed E-state index contributed by atoms with van der Waals surface area (Å²) in [5.74, 6) is -1.17. The van der Waals surface area contributed by atoms with Crippen molar-refractivity contribution in [2.45, 2.75) is 29.7 Å². The molecule has 0 aliphatic carbocycles. The normalized spacial score (nSPS) is 25.9. The lowest BCUT2D eigenvalue weighted by atomic mass is 10.2. The van der Waals surface area contributed by atoms with E-state index in [0.717, 1.165) is 0 Å². The Kier molecular flexibility index (Phi) is 3.86. The van der Waals surface area contributed by atoms with Gasteiger partial charge in [0.25, 0.3) is 5.56 Å². The summed E-state index contributed by atoms with van der Waals surface area (Å²) in [6.07, 6.45) is 1.12. The second-order valence-electron chi connectivity index (χ2n) is 4.99. The molecule has 0 amide bonds. The number of imidazole rings is 1. The Labute approximate surface area is 132 Å². The zero-order valence-corrected chi connectivity index (χ0v) is 13.6. The molecule has 0 saturated carbocycles. The topological polar surface area (TPSA) is 156 Å². The first-order valence-electron chi connectivity index (χ1n) is 6.31. The number of alkyl halides is 1. The molecule has 5 N–H and O–H groups in total. The van der Waals surface area contributed by atoms with Gasteiger partial charge >= 0.3 is 7.60 Å². The number of aromatic amines is 1. The average Bonchev–Trinajstić information content (AvgIpc) is 2.95. The lowest BCUT2D eigenvalue weighted by molar-refractivity contribution is 0.0639. The highest BCUT2D eigenvalue weighted by Crippen LogP contribution is 2.49. The molecule has 1 saturated heterocycles. The molecule has 2 aromatic rings. The number of H-pyrrole nitrogens is 1. The number of nitrogen functional groups attached to an aromatic ring is 1. The lowest BCUT2D eigenvalue weighted by Crippen LogP contribution is -2.23. The molecule has 0 bridgehead atoms. The van der Waals surface area contributed by atoms with Gasteiger partial charge in [0.2, 0.25) is 5.95 Å². The van der Waals surface area contributed by atoms with Crippen LogP contribution < -0.4 is 11.3 Å². The van der Waals surface area contributed by atoms with E-state index < -0.39 is 25.1 Å². The number of anilines is 1.